The summed E-state index contributed by atoms with van der Waals surface area (Å²) in [5.74, 6) is -0.918. The van der Waals surface area contributed by atoms with Crippen molar-refractivity contribution in [3.05, 3.63) is 33.9 Å². The summed E-state index contributed by atoms with van der Waals surface area (Å²) >= 11 is 0. The predicted octanol–water partition coefficient (Wildman–Crippen LogP) is 2.23. The number of carbonyl (C=O) groups is 2. The van der Waals surface area contributed by atoms with Gasteiger partial charge in [0.25, 0.3) is 5.69 Å². The predicted molar refractivity (Wildman–Crippen MR) is 76.4 cm³/mol. The summed E-state index contributed by atoms with van der Waals surface area (Å²) in [5, 5.41) is 21.9. The Kier molecular flexibility index (Phi) is 5.65. The molecule has 8 heteroatoms. The van der Waals surface area contributed by atoms with Crippen LogP contribution in [0.4, 0.5) is 16.2 Å². The van der Waals surface area contributed by atoms with Crippen molar-refractivity contribution >= 4 is 23.4 Å². The highest BCUT2D eigenvalue weighted by atomic mass is 16.6. The van der Waals surface area contributed by atoms with Crippen molar-refractivity contribution in [2.24, 2.45) is 0 Å². The Bertz CT molecular complexity index is 559. The number of hydrogen-bond donors (Lipinski definition) is 2. The van der Waals surface area contributed by atoms with E-state index in [4.69, 9.17) is 5.11 Å². The zero-order chi connectivity index (χ0) is 16.0. The Morgan fingerprint density at radius 2 is 2.10 bits per heavy atom. The topological polar surface area (TPSA) is 113 Å². The van der Waals surface area contributed by atoms with Crippen LogP contribution in [0.5, 0.6) is 0 Å². The van der Waals surface area contributed by atoms with Gasteiger partial charge in [0.2, 0.25) is 0 Å². The third kappa shape index (κ3) is 4.75. The maximum Gasteiger partial charge on any atom is 0.321 e. The SMILES string of the molecule is Cc1c(NC(=O)N(C)CCCC(=O)O)cccc1[N+](=O)[O-]. The van der Waals surface area contributed by atoms with Crippen LogP contribution in [0.3, 0.4) is 0 Å². The van der Waals surface area contributed by atoms with Crippen molar-refractivity contribution in [1.29, 1.82) is 0 Å². The zero-order valence-corrected chi connectivity index (χ0v) is 11.8. The van der Waals surface area contributed by atoms with E-state index < -0.39 is 16.9 Å². The minimum absolute atomic E-state index is 0.0204. The fourth-order valence-electron chi connectivity index (χ4n) is 1.74. The summed E-state index contributed by atoms with van der Waals surface area (Å²) in [6, 6.07) is 3.99. The Balaban J connectivity index is 2.68. The number of nitro benzene ring substituents is 1. The molecule has 21 heavy (non-hydrogen) atoms. The Labute approximate surface area is 121 Å². The lowest BCUT2D eigenvalue weighted by molar-refractivity contribution is -0.385. The van der Waals surface area contributed by atoms with Crippen LogP contribution in [0.1, 0.15) is 18.4 Å². The molecule has 0 aliphatic rings. The summed E-state index contributed by atoms with van der Waals surface area (Å²) in [5.41, 5.74) is 0.662. The molecule has 0 fully saturated rings. The molecular formula is C13H17N3O5. The standard InChI is InChI=1S/C13H17N3O5/c1-9-10(5-3-6-11(9)16(20)21)14-13(19)15(2)8-4-7-12(17)18/h3,5-6H,4,7-8H2,1-2H3,(H,14,19)(H,17,18). The zero-order valence-electron chi connectivity index (χ0n) is 11.8. The number of hydrogen-bond acceptors (Lipinski definition) is 4. The van der Waals surface area contributed by atoms with Gasteiger partial charge in [0.15, 0.2) is 0 Å². The van der Waals surface area contributed by atoms with Crippen LogP contribution in [0.15, 0.2) is 18.2 Å². The third-order valence-electron chi connectivity index (χ3n) is 2.97. The largest absolute Gasteiger partial charge is 0.481 e. The summed E-state index contributed by atoms with van der Waals surface area (Å²) in [4.78, 5) is 34.0. The molecule has 1 aromatic rings. The molecule has 0 bridgehead atoms. The first-order valence-corrected chi connectivity index (χ1v) is 6.31. The van der Waals surface area contributed by atoms with Crippen molar-refractivity contribution in [1.82, 2.24) is 4.90 Å². The van der Waals surface area contributed by atoms with Gasteiger partial charge >= 0.3 is 12.0 Å². The molecule has 0 spiro atoms. The number of carbonyl (C=O) groups excluding carboxylic acids is 1. The lowest BCUT2D eigenvalue weighted by atomic mass is 10.1. The molecule has 2 N–H and O–H groups in total. The number of nitro groups is 1. The van der Waals surface area contributed by atoms with Crippen LogP contribution in [0.2, 0.25) is 0 Å². The van der Waals surface area contributed by atoms with Gasteiger partial charge in [-0.3, -0.25) is 14.9 Å². The normalized spacial score (nSPS) is 10.0. The average Bonchev–Trinajstić information content (AvgIpc) is 2.40. The van der Waals surface area contributed by atoms with E-state index in [0.29, 0.717) is 17.7 Å². The number of benzene rings is 1. The molecule has 2 amide bonds. The molecule has 0 aliphatic heterocycles. The number of rotatable bonds is 6. The maximum atomic E-state index is 11.9. The van der Waals surface area contributed by atoms with Crippen molar-refractivity contribution in [2.45, 2.75) is 19.8 Å². The van der Waals surface area contributed by atoms with Gasteiger partial charge in [0.1, 0.15) is 0 Å². The maximum absolute atomic E-state index is 11.9. The molecule has 1 aromatic carbocycles. The lowest BCUT2D eigenvalue weighted by Crippen LogP contribution is -2.32. The summed E-state index contributed by atoms with van der Waals surface area (Å²) in [7, 11) is 1.53. The molecule has 8 nitrogen and oxygen atoms in total. The molecule has 0 saturated carbocycles. The van der Waals surface area contributed by atoms with E-state index in [1.807, 2.05) is 0 Å². The summed E-state index contributed by atoms with van der Waals surface area (Å²) in [6.45, 7) is 1.84. The highest BCUT2D eigenvalue weighted by molar-refractivity contribution is 5.90. The summed E-state index contributed by atoms with van der Waals surface area (Å²) < 4.78 is 0. The monoisotopic (exact) mass is 295 g/mol. The van der Waals surface area contributed by atoms with Crippen LogP contribution >= 0.6 is 0 Å². The Morgan fingerprint density at radius 3 is 2.67 bits per heavy atom. The molecule has 0 saturated heterocycles. The molecule has 0 unspecified atom stereocenters. The molecule has 0 aliphatic carbocycles. The van der Waals surface area contributed by atoms with Crippen molar-refractivity contribution < 1.29 is 19.6 Å². The quantitative estimate of drug-likeness (QED) is 0.617. The molecule has 0 heterocycles. The average molecular weight is 295 g/mol. The highest BCUT2D eigenvalue weighted by Gasteiger charge is 2.16. The molecule has 1 rings (SSSR count). The summed E-state index contributed by atoms with van der Waals surface area (Å²) in [6.07, 6.45) is 0.320. The van der Waals surface area contributed by atoms with E-state index in [9.17, 15) is 19.7 Å². The number of nitrogens with zero attached hydrogens (tertiary/aromatic N) is 2. The van der Waals surface area contributed by atoms with E-state index in [-0.39, 0.29) is 18.7 Å². The van der Waals surface area contributed by atoms with Crippen LogP contribution in [-0.2, 0) is 4.79 Å². The van der Waals surface area contributed by atoms with Crippen LogP contribution in [0.25, 0.3) is 0 Å². The van der Waals surface area contributed by atoms with E-state index in [0.717, 1.165) is 0 Å². The van der Waals surface area contributed by atoms with Gasteiger partial charge in [-0.05, 0) is 19.4 Å². The smallest absolute Gasteiger partial charge is 0.321 e. The number of aliphatic carboxylic acids is 1. The van der Waals surface area contributed by atoms with Crippen LogP contribution < -0.4 is 5.32 Å². The van der Waals surface area contributed by atoms with Gasteiger partial charge in [0.05, 0.1) is 16.2 Å². The highest BCUT2D eigenvalue weighted by Crippen LogP contribution is 2.25. The number of urea groups is 1. The number of carboxylic acid groups (broad SMARTS) is 1. The van der Waals surface area contributed by atoms with Crippen LogP contribution in [-0.4, -0.2) is 40.5 Å². The molecule has 0 aromatic heterocycles. The van der Waals surface area contributed by atoms with E-state index in [1.165, 1.54) is 24.1 Å². The number of carboxylic acids is 1. The minimum atomic E-state index is -0.918. The van der Waals surface area contributed by atoms with Gasteiger partial charge in [-0.1, -0.05) is 6.07 Å². The fourth-order valence-corrected chi connectivity index (χ4v) is 1.74. The van der Waals surface area contributed by atoms with Gasteiger partial charge in [0, 0.05) is 26.1 Å². The first-order chi connectivity index (χ1) is 9.82. The van der Waals surface area contributed by atoms with Crippen LogP contribution in [0, 0.1) is 17.0 Å². The molecule has 0 radical (unpaired) electrons. The third-order valence-corrected chi connectivity index (χ3v) is 2.97. The second-order valence-corrected chi connectivity index (χ2v) is 4.56. The van der Waals surface area contributed by atoms with Gasteiger partial charge in [-0.15, -0.1) is 0 Å². The van der Waals surface area contributed by atoms with Crippen molar-refractivity contribution in [2.75, 3.05) is 18.9 Å². The van der Waals surface area contributed by atoms with E-state index >= 15 is 0 Å². The van der Waals surface area contributed by atoms with Crippen molar-refractivity contribution in [3.8, 4) is 0 Å². The van der Waals surface area contributed by atoms with E-state index in [2.05, 4.69) is 5.32 Å². The van der Waals surface area contributed by atoms with E-state index in [1.54, 1.807) is 13.0 Å². The number of nitrogens with one attached hydrogen (secondary N) is 1. The number of anilines is 1. The second kappa shape index (κ2) is 7.22. The number of amides is 2. The van der Waals surface area contributed by atoms with Crippen molar-refractivity contribution in [3.63, 3.8) is 0 Å². The lowest BCUT2D eigenvalue weighted by Gasteiger charge is -2.18. The first kappa shape index (κ1) is 16.4. The molecule has 0 atom stereocenters. The Hall–Kier alpha value is -2.64. The molecule has 114 valence electrons. The second-order valence-electron chi connectivity index (χ2n) is 4.56. The van der Waals surface area contributed by atoms with Gasteiger partial charge < -0.3 is 15.3 Å². The Morgan fingerprint density at radius 1 is 1.43 bits per heavy atom. The van der Waals surface area contributed by atoms with Gasteiger partial charge in [-0.2, -0.15) is 0 Å². The first-order valence-electron chi connectivity index (χ1n) is 6.31. The molecular weight excluding hydrogens is 278 g/mol. The minimum Gasteiger partial charge on any atom is -0.481 e. The fraction of sp³-hybridized carbons (Fsp3) is 0.385. The van der Waals surface area contributed by atoms with Gasteiger partial charge in [-0.25, -0.2) is 4.79 Å².